The number of aliphatic hydroxyl groups is 2. The molecule has 3 nitrogen and oxygen atoms in total. The molecule has 0 heterocycles. The maximum Gasteiger partial charge on any atom is 0.119 e. The number of ether oxygens (including phenoxy) is 1. The van der Waals surface area contributed by atoms with Crippen molar-refractivity contribution in [2.45, 2.75) is 51.0 Å². The van der Waals surface area contributed by atoms with Crippen LogP contribution in [0.15, 0.2) is 54.6 Å². The molecule has 0 fully saturated rings. The van der Waals surface area contributed by atoms with E-state index >= 15 is 0 Å². The number of unbranched alkanes of at least 4 members (excludes halogenated alkanes) is 2. The summed E-state index contributed by atoms with van der Waals surface area (Å²) in [4.78, 5) is 0. The first kappa shape index (κ1) is 19.5. The second kappa shape index (κ2) is 11.7. The molecule has 0 saturated carbocycles. The van der Waals surface area contributed by atoms with E-state index < -0.39 is 0 Å². The first-order chi connectivity index (χ1) is 12.3. The van der Waals surface area contributed by atoms with Crippen molar-refractivity contribution in [1.29, 1.82) is 0 Å². The van der Waals surface area contributed by atoms with Gasteiger partial charge in [0.25, 0.3) is 0 Å². The summed E-state index contributed by atoms with van der Waals surface area (Å²) in [5.74, 6) is 0.898. The molecule has 0 unspecified atom stereocenters. The van der Waals surface area contributed by atoms with Crippen molar-refractivity contribution in [3.05, 3.63) is 65.7 Å². The van der Waals surface area contributed by atoms with Crippen molar-refractivity contribution in [3.63, 3.8) is 0 Å². The molecule has 2 rings (SSSR count). The second-order valence-corrected chi connectivity index (χ2v) is 6.48. The summed E-state index contributed by atoms with van der Waals surface area (Å²) >= 11 is 0. The van der Waals surface area contributed by atoms with E-state index in [1.807, 2.05) is 18.2 Å². The molecule has 0 aliphatic carbocycles. The average molecular weight is 342 g/mol. The fourth-order valence-corrected chi connectivity index (χ4v) is 2.94. The largest absolute Gasteiger partial charge is 0.490 e. The van der Waals surface area contributed by atoms with Gasteiger partial charge >= 0.3 is 0 Å². The molecule has 0 bridgehead atoms. The summed E-state index contributed by atoms with van der Waals surface area (Å²) in [6.07, 6.45) is 6.52. The predicted octanol–water partition coefficient (Wildman–Crippen LogP) is 4.35. The highest BCUT2D eigenvalue weighted by molar-refractivity contribution is 5.31. The van der Waals surface area contributed by atoms with Gasteiger partial charge in [-0.05, 0) is 68.2 Å². The minimum absolute atomic E-state index is 0.151. The number of hydrogen-bond acceptors (Lipinski definition) is 3. The van der Waals surface area contributed by atoms with Crippen molar-refractivity contribution in [2.75, 3.05) is 13.2 Å². The zero-order chi connectivity index (χ0) is 17.7. The van der Waals surface area contributed by atoms with Gasteiger partial charge in [0.2, 0.25) is 0 Å². The van der Waals surface area contributed by atoms with Gasteiger partial charge in [-0.3, -0.25) is 0 Å². The third kappa shape index (κ3) is 7.72. The van der Waals surface area contributed by atoms with Crippen LogP contribution in [0, 0.1) is 0 Å². The van der Waals surface area contributed by atoms with Gasteiger partial charge < -0.3 is 14.9 Å². The molecule has 2 aromatic rings. The van der Waals surface area contributed by atoms with Crippen LogP contribution < -0.4 is 4.74 Å². The van der Waals surface area contributed by atoms with Crippen molar-refractivity contribution in [3.8, 4) is 5.75 Å². The SMILES string of the molecule is OCCCCC(CCCCO)Oc1ccc(Cc2ccccc2)cc1. The van der Waals surface area contributed by atoms with E-state index in [0.717, 1.165) is 50.7 Å². The van der Waals surface area contributed by atoms with Gasteiger partial charge in [-0.1, -0.05) is 42.5 Å². The van der Waals surface area contributed by atoms with E-state index in [1.165, 1.54) is 11.1 Å². The molecule has 0 saturated heterocycles. The van der Waals surface area contributed by atoms with Gasteiger partial charge in [0.05, 0.1) is 6.10 Å². The van der Waals surface area contributed by atoms with E-state index in [9.17, 15) is 0 Å². The highest BCUT2D eigenvalue weighted by Crippen LogP contribution is 2.20. The van der Waals surface area contributed by atoms with E-state index in [-0.39, 0.29) is 19.3 Å². The molecule has 25 heavy (non-hydrogen) atoms. The van der Waals surface area contributed by atoms with Crippen molar-refractivity contribution < 1.29 is 14.9 Å². The Hall–Kier alpha value is -1.84. The van der Waals surface area contributed by atoms with Gasteiger partial charge in [0.15, 0.2) is 0 Å². The van der Waals surface area contributed by atoms with Crippen LogP contribution >= 0.6 is 0 Å². The van der Waals surface area contributed by atoms with Gasteiger partial charge in [-0.15, -0.1) is 0 Å². The van der Waals surface area contributed by atoms with Gasteiger partial charge in [-0.25, -0.2) is 0 Å². The summed E-state index contributed by atoms with van der Waals surface area (Å²) in [7, 11) is 0. The Bertz CT molecular complexity index is 556. The predicted molar refractivity (Wildman–Crippen MR) is 102 cm³/mol. The molecule has 2 aromatic carbocycles. The fourth-order valence-electron chi connectivity index (χ4n) is 2.94. The van der Waals surface area contributed by atoms with Crippen LogP contribution in [0.1, 0.15) is 49.7 Å². The lowest BCUT2D eigenvalue weighted by molar-refractivity contribution is 0.165. The number of rotatable bonds is 12. The van der Waals surface area contributed by atoms with Crippen LogP contribution in [0.25, 0.3) is 0 Å². The summed E-state index contributed by atoms with van der Waals surface area (Å²) < 4.78 is 6.15. The van der Waals surface area contributed by atoms with Crippen molar-refractivity contribution in [2.24, 2.45) is 0 Å². The molecular weight excluding hydrogens is 312 g/mol. The summed E-state index contributed by atoms with van der Waals surface area (Å²) in [6.45, 7) is 0.467. The van der Waals surface area contributed by atoms with Gasteiger partial charge in [-0.2, -0.15) is 0 Å². The van der Waals surface area contributed by atoms with Crippen LogP contribution in [0.4, 0.5) is 0 Å². The number of benzene rings is 2. The molecule has 0 aromatic heterocycles. The molecule has 0 amide bonds. The molecule has 0 aliphatic heterocycles. The third-order valence-electron chi connectivity index (χ3n) is 4.35. The van der Waals surface area contributed by atoms with E-state index in [0.29, 0.717) is 0 Å². The quantitative estimate of drug-likeness (QED) is 0.564. The first-order valence-corrected chi connectivity index (χ1v) is 9.33. The van der Waals surface area contributed by atoms with Crippen LogP contribution in [0.2, 0.25) is 0 Å². The standard InChI is InChI=1S/C22H30O3/c23-16-6-4-10-21(11-5-7-17-24)25-22-14-12-20(13-15-22)18-19-8-2-1-3-9-19/h1-3,8-9,12-15,21,23-24H,4-7,10-11,16-18H2. The smallest absolute Gasteiger partial charge is 0.119 e. The highest BCUT2D eigenvalue weighted by Gasteiger charge is 2.10. The Morgan fingerprint density at radius 3 is 1.80 bits per heavy atom. The summed E-state index contributed by atoms with van der Waals surface area (Å²) in [6, 6.07) is 18.8. The normalized spacial score (nSPS) is 11.0. The lowest BCUT2D eigenvalue weighted by Crippen LogP contribution is -2.17. The van der Waals surface area contributed by atoms with Crippen LogP contribution in [0.5, 0.6) is 5.75 Å². The Kier molecular flexibility index (Phi) is 9.09. The van der Waals surface area contributed by atoms with Crippen molar-refractivity contribution >= 4 is 0 Å². The molecule has 0 radical (unpaired) electrons. The zero-order valence-corrected chi connectivity index (χ0v) is 14.9. The van der Waals surface area contributed by atoms with Crippen LogP contribution in [-0.2, 0) is 6.42 Å². The van der Waals surface area contributed by atoms with E-state index in [4.69, 9.17) is 14.9 Å². The second-order valence-electron chi connectivity index (χ2n) is 6.48. The van der Waals surface area contributed by atoms with E-state index in [2.05, 4.69) is 36.4 Å². The summed E-state index contributed by atoms with van der Waals surface area (Å²) in [5.41, 5.74) is 2.58. The Labute approximate surface area is 151 Å². The fraction of sp³-hybridized carbons (Fsp3) is 0.455. The number of hydrogen-bond donors (Lipinski definition) is 2. The lowest BCUT2D eigenvalue weighted by atomic mass is 10.0. The monoisotopic (exact) mass is 342 g/mol. The number of aliphatic hydroxyl groups excluding tert-OH is 2. The van der Waals surface area contributed by atoms with Crippen LogP contribution in [0.3, 0.4) is 0 Å². The zero-order valence-electron chi connectivity index (χ0n) is 14.9. The van der Waals surface area contributed by atoms with Gasteiger partial charge in [0.1, 0.15) is 5.75 Å². The molecule has 0 spiro atoms. The molecular formula is C22H30O3. The third-order valence-corrected chi connectivity index (χ3v) is 4.35. The summed E-state index contributed by atoms with van der Waals surface area (Å²) in [5, 5.41) is 17.9. The minimum atomic E-state index is 0.151. The van der Waals surface area contributed by atoms with Gasteiger partial charge in [0, 0.05) is 13.2 Å². The highest BCUT2D eigenvalue weighted by atomic mass is 16.5. The minimum Gasteiger partial charge on any atom is -0.490 e. The Balaban J connectivity index is 1.88. The topological polar surface area (TPSA) is 49.7 Å². The molecule has 0 atom stereocenters. The molecule has 2 N–H and O–H groups in total. The van der Waals surface area contributed by atoms with Crippen molar-refractivity contribution in [1.82, 2.24) is 0 Å². The Morgan fingerprint density at radius 1 is 0.680 bits per heavy atom. The molecule has 3 heteroatoms. The van der Waals surface area contributed by atoms with E-state index in [1.54, 1.807) is 0 Å². The maximum absolute atomic E-state index is 8.96. The molecule has 136 valence electrons. The molecule has 0 aliphatic rings. The average Bonchev–Trinajstić information content (AvgIpc) is 2.64. The van der Waals surface area contributed by atoms with Crippen LogP contribution in [-0.4, -0.2) is 29.5 Å². The Morgan fingerprint density at radius 2 is 1.24 bits per heavy atom. The maximum atomic E-state index is 8.96. The first-order valence-electron chi connectivity index (χ1n) is 9.33. The lowest BCUT2D eigenvalue weighted by Gasteiger charge is -2.19.